The van der Waals surface area contributed by atoms with E-state index in [4.69, 9.17) is 0 Å². The molecule has 1 heterocycles. The summed E-state index contributed by atoms with van der Waals surface area (Å²) in [6, 6.07) is 6.87. The molecular weight excluding hydrogens is 256 g/mol. The Kier molecular flexibility index (Phi) is 3.92. The van der Waals surface area contributed by atoms with Gasteiger partial charge in [0.25, 0.3) is 11.8 Å². The van der Waals surface area contributed by atoms with Crippen LogP contribution in [0.5, 0.6) is 0 Å². The van der Waals surface area contributed by atoms with E-state index < -0.39 is 0 Å². The van der Waals surface area contributed by atoms with Gasteiger partial charge in [-0.05, 0) is 33.0 Å². The largest absolute Gasteiger partial charge is 0.394 e. The van der Waals surface area contributed by atoms with Crippen molar-refractivity contribution in [1.82, 2.24) is 9.80 Å². The summed E-state index contributed by atoms with van der Waals surface area (Å²) in [6.07, 6.45) is 0. The van der Waals surface area contributed by atoms with E-state index in [-0.39, 0.29) is 24.0 Å². The zero-order valence-corrected chi connectivity index (χ0v) is 12.1. The van der Waals surface area contributed by atoms with E-state index in [9.17, 15) is 14.7 Å². The number of amides is 2. The van der Waals surface area contributed by atoms with Crippen LogP contribution < -0.4 is 0 Å². The van der Waals surface area contributed by atoms with Crippen LogP contribution in [0.25, 0.3) is 0 Å². The molecule has 0 saturated carbocycles. The molecule has 5 heteroatoms. The van der Waals surface area contributed by atoms with Gasteiger partial charge in [-0.3, -0.25) is 19.4 Å². The lowest BCUT2D eigenvalue weighted by Crippen LogP contribution is -2.48. The molecule has 0 unspecified atom stereocenters. The van der Waals surface area contributed by atoms with E-state index in [1.165, 1.54) is 4.90 Å². The van der Waals surface area contributed by atoms with Crippen LogP contribution in [0.3, 0.4) is 0 Å². The highest BCUT2D eigenvalue weighted by Crippen LogP contribution is 2.22. The summed E-state index contributed by atoms with van der Waals surface area (Å²) in [4.78, 5) is 27.6. The lowest BCUT2D eigenvalue weighted by molar-refractivity contribution is 0.0537. The fourth-order valence-electron chi connectivity index (χ4n) is 2.12. The Hall–Kier alpha value is -1.72. The quantitative estimate of drug-likeness (QED) is 0.815. The number of fused-ring (bicyclic) bond motifs is 1. The van der Waals surface area contributed by atoms with Crippen molar-refractivity contribution in [3.63, 3.8) is 0 Å². The highest BCUT2D eigenvalue weighted by molar-refractivity contribution is 6.21. The van der Waals surface area contributed by atoms with Gasteiger partial charge < -0.3 is 5.11 Å². The average Bonchev–Trinajstić information content (AvgIpc) is 2.69. The van der Waals surface area contributed by atoms with Gasteiger partial charge in [0.15, 0.2) is 0 Å². The number of aliphatic hydroxyl groups is 1. The molecule has 2 amide bonds. The lowest BCUT2D eigenvalue weighted by Gasteiger charge is -2.34. The molecule has 1 N–H and O–H groups in total. The summed E-state index contributed by atoms with van der Waals surface area (Å²) in [5.41, 5.74) is 0.571. The first-order valence-electron chi connectivity index (χ1n) is 6.66. The molecule has 0 bridgehead atoms. The number of imide groups is 1. The predicted molar refractivity (Wildman–Crippen MR) is 75.6 cm³/mol. The second-order valence-electron chi connectivity index (χ2n) is 5.70. The lowest BCUT2D eigenvalue weighted by atomic mass is 10.1. The molecule has 1 aliphatic rings. The zero-order valence-electron chi connectivity index (χ0n) is 12.1. The predicted octanol–water partition coefficient (Wildman–Crippen LogP) is 0.985. The van der Waals surface area contributed by atoms with Gasteiger partial charge in [-0.1, -0.05) is 12.1 Å². The number of rotatable bonds is 5. The Morgan fingerprint density at radius 1 is 1.15 bits per heavy atom. The molecule has 1 aromatic rings. The van der Waals surface area contributed by atoms with E-state index in [0.717, 1.165) is 0 Å². The molecule has 108 valence electrons. The minimum Gasteiger partial charge on any atom is -0.394 e. The molecule has 5 nitrogen and oxygen atoms in total. The Morgan fingerprint density at radius 3 is 2.10 bits per heavy atom. The fourth-order valence-corrected chi connectivity index (χ4v) is 2.12. The van der Waals surface area contributed by atoms with Gasteiger partial charge in [0, 0.05) is 18.6 Å². The molecule has 0 aromatic heterocycles. The topological polar surface area (TPSA) is 60.9 Å². The van der Waals surface area contributed by atoms with Crippen LogP contribution in [-0.2, 0) is 0 Å². The van der Waals surface area contributed by atoms with Crippen LogP contribution in [0.15, 0.2) is 24.3 Å². The first kappa shape index (κ1) is 14.7. The molecule has 0 saturated heterocycles. The molecule has 20 heavy (non-hydrogen) atoms. The molecule has 0 aliphatic carbocycles. The van der Waals surface area contributed by atoms with Gasteiger partial charge in [-0.25, -0.2) is 0 Å². The Morgan fingerprint density at radius 2 is 1.65 bits per heavy atom. The normalized spacial score (nSPS) is 15.2. The number of carbonyl (C=O) groups is 2. The highest BCUT2D eigenvalue weighted by atomic mass is 16.3. The summed E-state index contributed by atoms with van der Waals surface area (Å²) in [5, 5.41) is 9.31. The second kappa shape index (κ2) is 5.34. The first-order chi connectivity index (χ1) is 9.38. The maximum atomic E-state index is 12.2. The van der Waals surface area contributed by atoms with Crippen molar-refractivity contribution in [3.8, 4) is 0 Å². The number of benzene rings is 1. The van der Waals surface area contributed by atoms with Crippen LogP contribution in [0.4, 0.5) is 0 Å². The average molecular weight is 276 g/mol. The van der Waals surface area contributed by atoms with Crippen molar-refractivity contribution in [2.75, 3.05) is 26.7 Å². The van der Waals surface area contributed by atoms with Gasteiger partial charge in [0.05, 0.1) is 17.7 Å². The molecular formula is C15H20N2O3. The Labute approximate surface area is 118 Å². The number of aliphatic hydroxyl groups excluding tert-OH is 1. The summed E-state index contributed by atoms with van der Waals surface area (Å²) in [5.74, 6) is -0.471. The molecule has 0 radical (unpaired) electrons. The highest BCUT2D eigenvalue weighted by Gasteiger charge is 2.35. The van der Waals surface area contributed by atoms with Crippen LogP contribution in [-0.4, -0.2) is 59.0 Å². The fraction of sp³-hybridized carbons (Fsp3) is 0.467. The van der Waals surface area contributed by atoms with Crippen molar-refractivity contribution in [1.29, 1.82) is 0 Å². The minimum absolute atomic E-state index is 0.0195. The Bertz CT molecular complexity index is 505. The van der Waals surface area contributed by atoms with Gasteiger partial charge >= 0.3 is 0 Å². The molecule has 0 spiro atoms. The number of hydrogen-bond acceptors (Lipinski definition) is 4. The van der Waals surface area contributed by atoms with Crippen molar-refractivity contribution < 1.29 is 14.7 Å². The van der Waals surface area contributed by atoms with Crippen LogP contribution >= 0.6 is 0 Å². The second-order valence-corrected chi connectivity index (χ2v) is 5.70. The summed E-state index contributed by atoms with van der Waals surface area (Å²) in [6.45, 7) is 4.70. The van der Waals surface area contributed by atoms with Crippen molar-refractivity contribution >= 4 is 11.8 Å². The molecule has 1 aliphatic heterocycles. The maximum Gasteiger partial charge on any atom is 0.261 e. The summed E-state index contributed by atoms with van der Waals surface area (Å²) < 4.78 is 0. The SMILES string of the molecule is CN(CCN1C(=O)c2ccccc2C1=O)C(C)(C)CO. The standard InChI is InChI=1S/C15H20N2O3/c1-15(2,10-18)16(3)8-9-17-13(19)11-6-4-5-7-12(11)14(17)20/h4-7,18H,8-10H2,1-3H3. The minimum atomic E-state index is -0.376. The van der Waals surface area contributed by atoms with Crippen LogP contribution in [0.1, 0.15) is 34.6 Å². The third-order valence-corrected chi connectivity index (χ3v) is 3.96. The van der Waals surface area contributed by atoms with E-state index in [1.54, 1.807) is 24.3 Å². The van der Waals surface area contributed by atoms with Crippen molar-refractivity contribution in [2.45, 2.75) is 19.4 Å². The molecule has 1 aromatic carbocycles. The number of likely N-dealkylation sites (N-methyl/N-ethyl adjacent to an activating group) is 1. The smallest absolute Gasteiger partial charge is 0.261 e. The number of nitrogens with zero attached hydrogens (tertiary/aromatic N) is 2. The first-order valence-corrected chi connectivity index (χ1v) is 6.66. The zero-order chi connectivity index (χ0) is 14.9. The molecule has 0 fully saturated rings. The monoisotopic (exact) mass is 276 g/mol. The number of carbonyl (C=O) groups excluding carboxylic acids is 2. The van der Waals surface area contributed by atoms with Gasteiger partial charge in [0.2, 0.25) is 0 Å². The third-order valence-electron chi connectivity index (χ3n) is 3.96. The maximum absolute atomic E-state index is 12.2. The van der Waals surface area contributed by atoms with Crippen molar-refractivity contribution in [2.24, 2.45) is 0 Å². The van der Waals surface area contributed by atoms with E-state index in [0.29, 0.717) is 24.2 Å². The molecule has 0 atom stereocenters. The van der Waals surface area contributed by atoms with Crippen LogP contribution in [0.2, 0.25) is 0 Å². The third kappa shape index (κ3) is 2.46. The van der Waals surface area contributed by atoms with Crippen LogP contribution in [0, 0.1) is 0 Å². The van der Waals surface area contributed by atoms with Gasteiger partial charge in [-0.2, -0.15) is 0 Å². The Balaban J connectivity index is 2.06. The van der Waals surface area contributed by atoms with Gasteiger partial charge in [0.1, 0.15) is 0 Å². The summed E-state index contributed by atoms with van der Waals surface area (Å²) >= 11 is 0. The van der Waals surface area contributed by atoms with E-state index in [1.807, 2.05) is 25.8 Å². The number of hydrogen-bond donors (Lipinski definition) is 1. The van der Waals surface area contributed by atoms with Gasteiger partial charge in [-0.15, -0.1) is 0 Å². The summed E-state index contributed by atoms with van der Waals surface area (Å²) in [7, 11) is 1.87. The molecule has 2 rings (SSSR count). The van der Waals surface area contributed by atoms with E-state index in [2.05, 4.69) is 0 Å². The van der Waals surface area contributed by atoms with E-state index >= 15 is 0 Å². The van der Waals surface area contributed by atoms with Crippen molar-refractivity contribution in [3.05, 3.63) is 35.4 Å².